The van der Waals surface area contributed by atoms with Crippen molar-refractivity contribution in [1.29, 1.82) is 0 Å². The van der Waals surface area contributed by atoms with E-state index in [2.05, 4.69) is 5.32 Å². The second-order valence-electron chi connectivity index (χ2n) is 5.41. The monoisotopic (exact) mass is 285 g/mol. The van der Waals surface area contributed by atoms with Gasteiger partial charge in [-0.15, -0.1) is 0 Å². The molecule has 0 aromatic heterocycles. The molecular weight excluding hydrogens is 262 g/mol. The van der Waals surface area contributed by atoms with Gasteiger partial charge >= 0.3 is 5.97 Å². The number of nitrogens with one attached hydrogen (secondary N) is 1. The third kappa shape index (κ3) is 4.19. The summed E-state index contributed by atoms with van der Waals surface area (Å²) < 4.78 is 0. The van der Waals surface area contributed by atoms with Gasteiger partial charge in [0, 0.05) is 13.0 Å². The van der Waals surface area contributed by atoms with Crippen LogP contribution in [0.4, 0.5) is 0 Å². The Labute approximate surface area is 118 Å². The van der Waals surface area contributed by atoms with Crippen LogP contribution in [-0.2, 0) is 14.4 Å². The summed E-state index contributed by atoms with van der Waals surface area (Å²) in [5.41, 5.74) is 10.1. The number of aliphatic carboxylic acids is 1. The number of amides is 2. The molecule has 0 spiro atoms. The van der Waals surface area contributed by atoms with Gasteiger partial charge < -0.3 is 21.9 Å². The fraction of sp³-hybridized carbons (Fsp3) is 0.769. The average Bonchev–Trinajstić information content (AvgIpc) is 2.43. The summed E-state index contributed by atoms with van der Waals surface area (Å²) in [4.78, 5) is 34.2. The zero-order valence-corrected chi connectivity index (χ0v) is 11.6. The van der Waals surface area contributed by atoms with Gasteiger partial charge in [-0.05, 0) is 19.3 Å². The quantitative estimate of drug-likeness (QED) is 0.510. The van der Waals surface area contributed by atoms with Crippen LogP contribution < -0.4 is 16.8 Å². The molecule has 7 heteroatoms. The molecule has 1 atom stereocenters. The highest BCUT2D eigenvalue weighted by Gasteiger charge is 2.39. The number of primary amides is 1. The number of nitrogens with two attached hydrogens (primary N) is 2. The van der Waals surface area contributed by atoms with Crippen molar-refractivity contribution in [2.45, 2.75) is 51.0 Å². The van der Waals surface area contributed by atoms with Crippen LogP contribution in [0.5, 0.6) is 0 Å². The molecular formula is C13H23N3O4. The van der Waals surface area contributed by atoms with Gasteiger partial charge in [0.15, 0.2) is 0 Å². The summed E-state index contributed by atoms with van der Waals surface area (Å²) in [7, 11) is 0. The van der Waals surface area contributed by atoms with Crippen LogP contribution in [0, 0.1) is 5.41 Å². The van der Waals surface area contributed by atoms with E-state index in [-0.39, 0.29) is 25.3 Å². The first kappa shape index (κ1) is 16.4. The van der Waals surface area contributed by atoms with Crippen molar-refractivity contribution in [3.63, 3.8) is 0 Å². The minimum Gasteiger partial charge on any atom is -0.480 e. The third-order valence-electron chi connectivity index (χ3n) is 3.97. The van der Waals surface area contributed by atoms with Gasteiger partial charge in [-0.25, -0.2) is 4.79 Å². The lowest BCUT2D eigenvalue weighted by Gasteiger charge is -2.35. The molecule has 6 N–H and O–H groups in total. The van der Waals surface area contributed by atoms with Crippen LogP contribution in [0.3, 0.4) is 0 Å². The summed E-state index contributed by atoms with van der Waals surface area (Å²) in [5.74, 6) is -2.07. The van der Waals surface area contributed by atoms with Crippen LogP contribution >= 0.6 is 0 Å². The van der Waals surface area contributed by atoms with E-state index in [0.29, 0.717) is 12.8 Å². The molecule has 7 nitrogen and oxygen atoms in total. The molecule has 0 heterocycles. The molecule has 0 radical (unpaired) electrons. The minimum absolute atomic E-state index is 0.00292. The SMILES string of the molecule is NCC1(C(=O)N[C@@H](CCC(N)=O)C(=O)O)CCCCC1. The smallest absolute Gasteiger partial charge is 0.326 e. The maximum absolute atomic E-state index is 12.3. The van der Waals surface area contributed by atoms with E-state index in [9.17, 15) is 14.4 Å². The molecule has 0 aromatic rings. The summed E-state index contributed by atoms with van der Waals surface area (Å²) >= 11 is 0. The Kier molecular flexibility index (Phi) is 5.94. The Hall–Kier alpha value is -1.63. The van der Waals surface area contributed by atoms with Gasteiger partial charge in [0.25, 0.3) is 0 Å². The van der Waals surface area contributed by atoms with Crippen molar-refractivity contribution in [3.8, 4) is 0 Å². The molecule has 1 aliphatic carbocycles. The van der Waals surface area contributed by atoms with Gasteiger partial charge in [-0.2, -0.15) is 0 Å². The summed E-state index contributed by atoms with van der Waals surface area (Å²) in [6.45, 7) is 0.209. The van der Waals surface area contributed by atoms with Gasteiger partial charge in [-0.3, -0.25) is 9.59 Å². The van der Waals surface area contributed by atoms with Gasteiger partial charge in [0.1, 0.15) is 6.04 Å². The van der Waals surface area contributed by atoms with Crippen LogP contribution in [0.25, 0.3) is 0 Å². The molecule has 2 amide bonds. The Morgan fingerprint density at radius 3 is 2.25 bits per heavy atom. The summed E-state index contributed by atoms with van der Waals surface area (Å²) in [6, 6.07) is -1.10. The van der Waals surface area contributed by atoms with E-state index in [1.54, 1.807) is 0 Å². The zero-order valence-electron chi connectivity index (χ0n) is 11.6. The third-order valence-corrected chi connectivity index (χ3v) is 3.97. The summed E-state index contributed by atoms with van der Waals surface area (Å²) in [5, 5.41) is 11.6. The van der Waals surface area contributed by atoms with Crippen molar-refractivity contribution >= 4 is 17.8 Å². The first-order valence-electron chi connectivity index (χ1n) is 6.93. The van der Waals surface area contributed by atoms with Crippen LogP contribution in [0.2, 0.25) is 0 Å². The molecule has 0 unspecified atom stereocenters. The number of hydrogen-bond donors (Lipinski definition) is 4. The van der Waals surface area contributed by atoms with E-state index in [0.717, 1.165) is 19.3 Å². The first-order chi connectivity index (χ1) is 9.41. The number of carbonyl (C=O) groups excluding carboxylic acids is 2. The van der Waals surface area contributed by atoms with Crippen LogP contribution in [-0.4, -0.2) is 35.5 Å². The highest BCUT2D eigenvalue weighted by atomic mass is 16.4. The van der Waals surface area contributed by atoms with Gasteiger partial charge in [0.05, 0.1) is 5.41 Å². The second-order valence-corrected chi connectivity index (χ2v) is 5.41. The minimum atomic E-state index is -1.16. The highest BCUT2D eigenvalue weighted by Crippen LogP contribution is 2.35. The molecule has 1 saturated carbocycles. The maximum Gasteiger partial charge on any atom is 0.326 e. The molecule has 1 fully saturated rings. The predicted octanol–water partition coefficient (Wildman–Crippen LogP) is -0.269. The normalized spacial score (nSPS) is 19.1. The highest BCUT2D eigenvalue weighted by molar-refractivity contribution is 5.88. The standard InChI is InChI=1S/C13H23N3O4/c14-8-13(6-2-1-3-7-13)12(20)16-9(11(18)19)4-5-10(15)17/h9H,1-8,14H2,(H2,15,17)(H,16,20)(H,18,19)/t9-/m0/s1. The van der Waals surface area contributed by atoms with Crippen molar-refractivity contribution in [3.05, 3.63) is 0 Å². The van der Waals surface area contributed by atoms with Crippen molar-refractivity contribution in [2.24, 2.45) is 16.9 Å². The lowest BCUT2D eigenvalue weighted by atomic mass is 9.73. The molecule has 114 valence electrons. The van der Waals surface area contributed by atoms with Crippen LogP contribution in [0.15, 0.2) is 0 Å². The molecule has 20 heavy (non-hydrogen) atoms. The Morgan fingerprint density at radius 2 is 1.80 bits per heavy atom. The number of rotatable bonds is 7. The van der Waals surface area contributed by atoms with Gasteiger partial charge in [-0.1, -0.05) is 19.3 Å². The number of hydrogen-bond acceptors (Lipinski definition) is 4. The van der Waals surface area contributed by atoms with Crippen molar-refractivity contribution < 1.29 is 19.5 Å². The number of carboxylic acids is 1. The first-order valence-corrected chi connectivity index (χ1v) is 6.93. The molecule has 0 aliphatic heterocycles. The number of carboxylic acid groups (broad SMARTS) is 1. The molecule has 0 saturated heterocycles. The largest absolute Gasteiger partial charge is 0.480 e. The van der Waals surface area contributed by atoms with E-state index < -0.39 is 23.3 Å². The fourth-order valence-corrected chi connectivity index (χ4v) is 2.61. The Balaban J connectivity index is 2.68. The van der Waals surface area contributed by atoms with Crippen LogP contribution in [0.1, 0.15) is 44.9 Å². The molecule has 0 aromatic carbocycles. The Bertz CT molecular complexity index is 378. The average molecular weight is 285 g/mol. The topological polar surface area (TPSA) is 136 Å². The molecule has 1 aliphatic rings. The van der Waals surface area contributed by atoms with Crippen molar-refractivity contribution in [1.82, 2.24) is 5.32 Å². The maximum atomic E-state index is 12.3. The lowest BCUT2D eigenvalue weighted by molar-refractivity contribution is -0.144. The van der Waals surface area contributed by atoms with E-state index in [1.165, 1.54) is 0 Å². The van der Waals surface area contributed by atoms with Gasteiger partial charge in [0.2, 0.25) is 11.8 Å². The Morgan fingerprint density at radius 1 is 1.20 bits per heavy atom. The summed E-state index contributed by atoms with van der Waals surface area (Å²) in [6.07, 6.45) is 4.19. The van der Waals surface area contributed by atoms with E-state index in [4.69, 9.17) is 16.6 Å². The lowest BCUT2D eigenvalue weighted by Crippen LogP contribution is -2.52. The second kappa shape index (κ2) is 7.23. The van der Waals surface area contributed by atoms with E-state index in [1.807, 2.05) is 0 Å². The molecule has 0 bridgehead atoms. The zero-order chi connectivity index (χ0) is 15.2. The predicted molar refractivity (Wildman–Crippen MR) is 72.6 cm³/mol. The van der Waals surface area contributed by atoms with Crippen molar-refractivity contribution in [2.75, 3.05) is 6.54 Å². The molecule has 1 rings (SSSR count). The van der Waals surface area contributed by atoms with E-state index >= 15 is 0 Å². The number of carbonyl (C=O) groups is 3. The fourth-order valence-electron chi connectivity index (χ4n) is 2.61.